The molecule has 1 aromatic rings. The number of rotatable bonds is 4. The highest BCUT2D eigenvalue weighted by molar-refractivity contribution is 5.99. The minimum atomic E-state index is 0.691. The van der Waals surface area contributed by atoms with Crippen LogP contribution in [-0.2, 0) is 6.42 Å². The van der Waals surface area contributed by atoms with Crippen molar-refractivity contribution >= 4 is 5.71 Å². The zero-order valence-corrected chi connectivity index (χ0v) is 8.83. The third-order valence-electron chi connectivity index (χ3n) is 2.36. The van der Waals surface area contributed by atoms with Gasteiger partial charge in [0.15, 0.2) is 0 Å². The monoisotopic (exact) mass is 191 g/mol. The SMILES string of the molecule is CCCCc1ccccc1/C(C)=N/O. The van der Waals surface area contributed by atoms with Crippen LogP contribution >= 0.6 is 0 Å². The third kappa shape index (κ3) is 2.59. The number of aryl methyl sites for hydroxylation is 1. The van der Waals surface area contributed by atoms with Gasteiger partial charge in [0.1, 0.15) is 0 Å². The van der Waals surface area contributed by atoms with Gasteiger partial charge < -0.3 is 5.21 Å². The van der Waals surface area contributed by atoms with E-state index in [0.717, 1.165) is 12.0 Å². The van der Waals surface area contributed by atoms with E-state index in [0.29, 0.717) is 5.71 Å². The standard InChI is InChI=1S/C12H17NO/c1-3-4-7-11-8-5-6-9-12(11)10(2)13-14/h5-6,8-9,14H,3-4,7H2,1-2H3/b13-10+. The highest BCUT2D eigenvalue weighted by Gasteiger charge is 2.03. The molecule has 0 saturated heterocycles. The summed E-state index contributed by atoms with van der Waals surface area (Å²) in [4.78, 5) is 0. The molecule has 0 aliphatic heterocycles. The lowest BCUT2D eigenvalue weighted by Crippen LogP contribution is -2.00. The van der Waals surface area contributed by atoms with Crippen LogP contribution in [0.2, 0.25) is 0 Å². The zero-order chi connectivity index (χ0) is 10.4. The maximum absolute atomic E-state index is 8.73. The van der Waals surface area contributed by atoms with Crippen LogP contribution in [0.1, 0.15) is 37.8 Å². The summed E-state index contributed by atoms with van der Waals surface area (Å²) in [5, 5.41) is 12.0. The van der Waals surface area contributed by atoms with Crippen molar-refractivity contribution in [2.24, 2.45) is 5.16 Å². The van der Waals surface area contributed by atoms with Gasteiger partial charge in [-0.3, -0.25) is 0 Å². The van der Waals surface area contributed by atoms with E-state index >= 15 is 0 Å². The topological polar surface area (TPSA) is 32.6 Å². The molecular weight excluding hydrogens is 174 g/mol. The quantitative estimate of drug-likeness (QED) is 0.442. The number of hydrogen-bond donors (Lipinski definition) is 1. The molecule has 76 valence electrons. The zero-order valence-electron chi connectivity index (χ0n) is 8.83. The van der Waals surface area contributed by atoms with Crippen LogP contribution in [0.15, 0.2) is 29.4 Å². The van der Waals surface area contributed by atoms with Crippen LogP contribution in [0.3, 0.4) is 0 Å². The van der Waals surface area contributed by atoms with Gasteiger partial charge in [-0.25, -0.2) is 0 Å². The predicted molar refractivity (Wildman–Crippen MR) is 59.1 cm³/mol. The van der Waals surface area contributed by atoms with E-state index in [2.05, 4.69) is 18.1 Å². The number of unbranched alkanes of at least 4 members (excludes halogenated alkanes) is 1. The lowest BCUT2D eigenvalue weighted by Gasteiger charge is -2.06. The second kappa shape index (κ2) is 5.43. The summed E-state index contributed by atoms with van der Waals surface area (Å²) in [6, 6.07) is 8.10. The smallest absolute Gasteiger partial charge is 0.0839 e. The minimum absolute atomic E-state index is 0.691. The molecule has 0 aliphatic rings. The molecule has 0 atom stereocenters. The molecule has 0 radical (unpaired) electrons. The van der Waals surface area contributed by atoms with Crippen LogP contribution in [-0.4, -0.2) is 10.9 Å². The van der Waals surface area contributed by atoms with Crippen molar-refractivity contribution in [1.29, 1.82) is 0 Å². The molecule has 0 fully saturated rings. The maximum atomic E-state index is 8.73. The molecule has 14 heavy (non-hydrogen) atoms. The van der Waals surface area contributed by atoms with Crippen molar-refractivity contribution in [3.8, 4) is 0 Å². The summed E-state index contributed by atoms with van der Waals surface area (Å²) in [7, 11) is 0. The first-order chi connectivity index (χ1) is 6.79. The lowest BCUT2D eigenvalue weighted by atomic mass is 9.99. The van der Waals surface area contributed by atoms with E-state index < -0.39 is 0 Å². The predicted octanol–water partition coefficient (Wildman–Crippen LogP) is 3.23. The van der Waals surface area contributed by atoms with Crippen LogP contribution in [0.5, 0.6) is 0 Å². The minimum Gasteiger partial charge on any atom is -0.411 e. The Bertz CT molecular complexity index is 318. The number of nitrogens with zero attached hydrogens (tertiary/aromatic N) is 1. The van der Waals surface area contributed by atoms with Crippen LogP contribution in [0.25, 0.3) is 0 Å². The molecule has 2 nitrogen and oxygen atoms in total. The highest BCUT2D eigenvalue weighted by atomic mass is 16.4. The van der Waals surface area contributed by atoms with Crippen molar-refractivity contribution < 1.29 is 5.21 Å². The summed E-state index contributed by atoms with van der Waals surface area (Å²) in [5.41, 5.74) is 3.02. The molecule has 0 aliphatic carbocycles. The Hall–Kier alpha value is -1.31. The Morgan fingerprint density at radius 2 is 2.07 bits per heavy atom. The van der Waals surface area contributed by atoms with Gasteiger partial charge in [0.2, 0.25) is 0 Å². The Kier molecular flexibility index (Phi) is 4.17. The highest BCUT2D eigenvalue weighted by Crippen LogP contribution is 2.13. The first kappa shape index (κ1) is 10.8. The largest absolute Gasteiger partial charge is 0.411 e. The third-order valence-corrected chi connectivity index (χ3v) is 2.36. The molecule has 1 N–H and O–H groups in total. The van der Waals surface area contributed by atoms with Crippen molar-refractivity contribution in [2.75, 3.05) is 0 Å². The van der Waals surface area contributed by atoms with Crippen LogP contribution in [0.4, 0.5) is 0 Å². The lowest BCUT2D eigenvalue weighted by molar-refractivity contribution is 0.319. The Morgan fingerprint density at radius 1 is 1.36 bits per heavy atom. The number of benzene rings is 1. The van der Waals surface area contributed by atoms with Gasteiger partial charge in [-0.1, -0.05) is 42.8 Å². The Labute approximate surface area is 85.3 Å². The molecule has 0 amide bonds. The van der Waals surface area contributed by atoms with E-state index in [4.69, 9.17) is 5.21 Å². The molecule has 0 aromatic heterocycles. The van der Waals surface area contributed by atoms with Crippen molar-refractivity contribution in [3.05, 3.63) is 35.4 Å². The van der Waals surface area contributed by atoms with E-state index in [-0.39, 0.29) is 0 Å². The van der Waals surface area contributed by atoms with Crippen molar-refractivity contribution in [2.45, 2.75) is 33.1 Å². The molecule has 0 saturated carbocycles. The van der Waals surface area contributed by atoms with E-state index in [1.807, 2.05) is 25.1 Å². The molecule has 1 aromatic carbocycles. The molecule has 0 spiro atoms. The van der Waals surface area contributed by atoms with Gasteiger partial charge >= 0.3 is 0 Å². The summed E-state index contributed by atoms with van der Waals surface area (Å²) < 4.78 is 0. The summed E-state index contributed by atoms with van der Waals surface area (Å²) in [5.74, 6) is 0. The Morgan fingerprint density at radius 3 is 2.71 bits per heavy atom. The summed E-state index contributed by atoms with van der Waals surface area (Å²) in [6.07, 6.45) is 3.42. The fourth-order valence-corrected chi connectivity index (χ4v) is 1.51. The van der Waals surface area contributed by atoms with Gasteiger partial charge in [0.25, 0.3) is 0 Å². The summed E-state index contributed by atoms with van der Waals surface area (Å²) >= 11 is 0. The van der Waals surface area contributed by atoms with Crippen molar-refractivity contribution in [3.63, 3.8) is 0 Å². The molecule has 0 bridgehead atoms. The van der Waals surface area contributed by atoms with Gasteiger partial charge in [-0.05, 0) is 25.3 Å². The molecular formula is C12H17NO. The second-order valence-corrected chi connectivity index (χ2v) is 3.45. The van der Waals surface area contributed by atoms with Gasteiger partial charge in [-0.15, -0.1) is 0 Å². The average Bonchev–Trinajstić information content (AvgIpc) is 2.25. The van der Waals surface area contributed by atoms with Crippen LogP contribution in [0, 0.1) is 0 Å². The Balaban J connectivity index is 2.91. The van der Waals surface area contributed by atoms with Gasteiger partial charge in [0.05, 0.1) is 5.71 Å². The van der Waals surface area contributed by atoms with Crippen molar-refractivity contribution in [1.82, 2.24) is 0 Å². The second-order valence-electron chi connectivity index (χ2n) is 3.45. The summed E-state index contributed by atoms with van der Waals surface area (Å²) in [6.45, 7) is 4.00. The first-order valence-corrected chi connectivity index (χ1v) is 5.06. The van der Waals surface area contributed by atoms with Gasteiger partial charge in [-0.2, -0.15) is 0 Å². The molecule has 1 rings (SSSR count). The number of oxime groups is 1. The fraction of sp³-hybridized carbons (Fsp3) is 0.417. The van der Waals surface area contributed by atoms with E-state index in [1.54, 1.807) is 0 Å². The normalized spacial score (nSPS) is 11.7. The van der Waals surface area contributed by atoms with Crippen LogP contribution < -0.4 is 0 Å². The fourth-order valence-electron chi connectivity index (χ4n) is 1.51. The molecule has 0 unspecified atom stereocenters. The number of hydrogen-bond acceptors (Lipinski definition) is 2. The maximum Gasteiger partial charge on any atom is 0.0839 e. The first-order valence-electron chi connectivity index (χ1n) is 5.06. The molecule has 0 heterocycles. The molecule has 2 heteroatoms. The van der Waals surface area contributed by atoms with Gasteiger partial charge in [0, 0.05) is 5.56 Å². The van der Waals surface area contributed by atoms with E-state index in [1.165, 1.54) is 18.4 Å². The van der Waals surface area contributed by atoms with E-state index in [9.17, 15) is 0 Å². The average molecular weight is 191 g/mol.